The smallest absolute Gasteiger partial charge is 0.191 e. The van der Waals surface area contributed by atoms with E-state index >= 15 is 0 Å². The van der Waals surface area contributed by atoms with Gasteiger partial charge in [0.15, 0.2) is 5.96 Å². The summed E-state index contributed by atoms with van der Waals surface area (Å²) in [5, 5.41) is 6.53. The van der Waals surface area contributed by atoms with Crippen LogP contribution in [0.15, 0.2) is 17.6 Å². The molecule has 0 aromatic carbocycles. The van der Waals surface area contributed by atoms with Gasteiger partial charge >= 0.3 is 0 Å². The monoisotopic (exact) mass is 381 g/mol. The summed E-state index contributed by atoms with van der Waals surface area (Å²) in [6.07, 6.45) is 1.83. The first-order valence-electron chi connectivity index (χ1n) is 6.65. The Bertz CT molecular complexity index is 274. The van der Waals surface area contributed by atoms with E-state index in [-0.39, 0.29) is 24.0 Å². The van der Waals surface area contributed by atoms with Gasteiger partial charge in [0.2, 0.25) is 0 Å². The van der Waals surface area contributed by atoms with Crippen molar-refractivity contribution < 1.29 is 0 Å². The Balaban J connectivity index is 0.00000324. The third-order valence-corrected chi connectivity index (χ3v) is 3.36. The summed E-state index contributed by atoms with van der Waals surface area (Å²) < 4.78 is 0. The Labute approximate surface area is 134 Å². The van der Waals surface area contributed by atoms with Crippen molar-refractivity contribution in [2.24, 2.45) is 4.99 Å². The molecular weight excluding hydrogens is 353 g/mol. The van der Waals surface area contributed by atoms with E-state index in [4.69, 9.17) is 0 Å². The van der Waals surface area contributed by atoms with Crippen LogP contribution in [-0.2, 0) is 0 Å². The SMILES string of the molecule is C=CCNC(=NC)NCC(C)N1CCN(C)CC1.I. The molecule has 0 bridgehead atoms. The van der Waals surface area contributed by atoms with E-state index in [0.29, 0.717) is 6.04 Å². The largest absolute Gasteiger partial charge is 0.355 e. The number of likely N-dealkylation sites (N-methyl/N-ethyl adjacent to an activating group) is 1. The van der Waals surface area contributed by atoms with Gasteiger partial charge in [0.05, 0.1) is 0 Å². The van der Waals surface area contributed by atoms with Crippen LogP contribution in [0.2, 0.25) is 0 Å². The molecule has 0 aliphatic carbocycles. The first-order valence-corrected chi connectivity index (χ1v) is 6.65. The van der Waals surface area contributed by atoms with E-state index in [1.165, 1.54) is 0 Å². The number of nitrogens with one attached hydrogen (secondary N) is 2. The molecule has 1 aliphatic heterocycles. The summed E-state index contributed by atoms with van der Waals surface area (Å²) in [6, 6.07) is 0.529. The number of nitrogens with zero attached hydrogens (tertiary/aromatic N) is 3. The predicted octanol–water partition coefficient (Wildman–Crippen LogP) is 0.591. The Morgan fingerprint density at radius 1 is 1.32 bits per heavy atom. The first kappa shape index (κ1) is 18.7. The molecule has 1 aliphatic rings. The second-order valence-electron chi connectivity index (χ2n) is 4.81. The molecule has 0 aromatic rings. The summed E-state index contributed by atoms with van der Waals surface area (Å²) in [7, 11) is 3.97. The summed E-state index contributed by atoms with van der Waals surface area (Å²) in [6.45, 7) is 12.2. The summed E-state index contributed by atoms with van der Waals surface area (Å²) in [5.41, 5.74) is 0. The molecule has 2 N–H and O–H groups in total. The Morgan fingerprint density at radius 3 is 2.47 bits per heavy atom. The lowest BCUT2D eigenvalue weighted by Gasteiger charge is -2.36. The van der Waals surface area contributed by atoms with Gasteiger partial charge in [-0.25, -0.2) is 0 Å². The highest BCUT2D eigenvalue weighted by atomic mass is 127. The van der Waals surface area contributed by atoms with E-state index in [9.17, 15) is 0 Å². The fourth-order valence-electron chi connectivity index (χ4n) is 2.03. The molecule has 0 amide bonds. The fourth-order valence-corrected chi connectivity index (χ4v) is 2.03. The highest BCUT2D eigenvalue weighted by Crippen LogP contribution is 2.03. The second-order valence-corrected chi connectivity index (χ2v) is 4.81. The van der Waals surface area contributed by atoms with Gasteiger partial charge in [-0.3, -0.25) is 9.89 Å². The molecule has 112 valence electrons. The number of rotatable bonds is 5. The topological polar surface area (TPSA) is 42.9 Å². The van der Waals surface area contributed by atoms with Crippen LogP contribution in [0.25, 0.3) is 0 Å². The van der Waals surface area contributed by atoms with E-state index in [2.05, 4.69) is 46.0 Å². The molecule has 19 heavy (non-hydrogen) atoms. The minimum Gasteiger partial charge on any atom is -0.355 e. The number of guanidine groups is 1. The molecule has 1 unspecified atom stereocenters. The maximum Gasteiger partial charge on any atom is 0.191 e. The van der Waals surface area contributed by atoms with Crippen molar-refractivity contribution >= 4 is 29.9 Å². The highest BCUT2D eigenvalue weighted by molar-refractivity contribution is 14.0. The van der Waals surface area contributed by atoms with Crippen LogP contribution in [0, 0.1) is 0 Å². The van der Waals surface area contributed by atoms with Gasteiger partial charge in [-0.05, 0) is 14.0 Å². The van der Waals surface area contributed by atoms with Crippen LogP contribution in [0.5, 0.6) is 0 Å². The number of hydrogen-bond donors (Lipinski definition) is 2. The molecule has 1 fully saturated rings. The van der Waals surface area contributed by atoms with Crippen LogP contribution >= 0.6 is 24.0 Å². The third-order valence-electron chi connectivity index (χ3n) is 3.36. The van der Waals surface area contributed by atoms with Crippen LogP contribution in [0.4, 0.5) is 0 Å². The van der Waals surface area contributed by atoms with Gasteiger partial charge in [0.1, 0.15) is 0 Å². The number of piperazine rings is 1. The van der Waals surface area contributed by atoms with Gasteiger partial charge in [0, 0.05) is 52.4 Å². The lowest BCUT2D eigenvalue weighted by atomic mass is 10.2. The number of halogens is 1. The van der Waals surface area contributed by atoms with Crippen molar-refractivity contribution in [3.63, 3.8) is 0 Å². The van der Waals surface area contributed by atoms with Crippen LogP contribution in [-0.4, -0.2) is 75.2 Å². The van der Waals surface area contributed by atoms with Crippen molar-refractivity contribution in [2.75, 3.05) is 53.4 Å². The number of aliphatic imine (C=N–C) groups is 1. The van der Waals surface area contributed by atoms with Crippen molar-refractivity contribution in [2.45, 2.75) is 13.0 Å². The molecule has 1 heterocycles. The average molecular weight is 381 g/mol. The maximum atomic E-state index is 4.17. The standard InChI is InChI=1S/C13H27N5.HI/c1-5-6-15-13(14-3)16-11-12(2)18-9-7-17(4)8-10-18;/h5,12H,1,6-11H2,2-4H3,(H2,14,15,16);1H. The molecule has 0 aromatic heterocycles. The van der Waals surface area contributed by atoms with Gasteiger partial charge in [-0.2, -0.15) is 0 Å². The first-order chi connectivity index (χ1) is 8.67. The van der Waals surface area contributed by atoms with E-state index in [1.54, 1.807) is 7.05 Å². The molecule has 0 saturated carbocycles. The van der Waals surface area contributed by atoms with E-state index in [0.717, 1.165) is 45.2 Å². The highest BCUT2D eigenvalue weighted by Gasteiger charge is 2.18. The van der Waals surface area contributed by atoms with Gasteiger partial charge in [-0.15, -0.1) is 30.6 Å². The average Bonchev–Trinajstić information content (AvgIpc) is 2.39. The molecule has 1 atom stereocenters. The molecule has 0 spiro atoms. The van der Waals surface area contributed by atoms with Crippen molar-refractivity contribution in [3.8, 4) is 0 Å². The molecule has 6 heteroatoms. The summed E-state index contributed by atoms with van der Waals surface area (Å²) in [4.78, 5) is 9.07. The van der Waals surface area contributed by atoms with Crippen molar-refractivity contribution in [1.29, 1.82) is 0 Å². The maximum absolute atomic E-state index is 4.17. The zero-order valence-corrected chi connectivity index (χ0v) is 14.7. The van der Waals surface area contributed by atoms with Crippen LogP contribution in [0.3, 0.4) is 0 Å². The van der Waals surface area contributed by atoms with Gasteiger partial charge in [0.25, 0.3) is 0 Å². The second kappa shape index (κ2) is 10.4. The van der Waals surface area contributed by atoms with Gasteiger partial charge in [-0.1, -0.05) is 6.08 Å². The minimum absolute atomic E-state index is 0. The number of hydrogen-bond acceptors (Lipinski definition) is 3. The quantitative estimate of drug-likeness (QED) is 0.317. The van der Waals surface area contributed by atoms with Gasteiger partial charge < -0.3 is 15.5 Å². The molecule has 0 radical (unpaired) electrons. The van der Waals surface area contributed by atoms with Crippen LogP contribution in [0.1, 0.15) is 6.92 Å². The zero-order chi connectivity index (χ0) is 13.4. The molecular formula is C13H28IN5. The lowest BCUT2D eigenvalue weighted by molar-refractivity contribution is 0.120. The Kier molecular flexibility index (Phi) is 10.3. The van der Waals surface area contributed by atoms with E-state index < -0.39 is 0 Å². The van der Waals surface area contributed by atoms with Crippen molar-refractivity contribution in [3.05, 3.63) is 12.7 Å². The van der Waals surface area contributed by atoms with Crippen molar-refractivity contribution in [1.82, 2.24) is 20.4 Å². The summed E-state index contributed by atoms with van der Waals surface area (Å²) >= 11 is 0. The Hall–Kier alpha value is -0.340. The third kappa shape index (κ3) is 7.12. The lowest BCUT2D eigenvalue weighted by Crippen LogP contribution is -2.52. The van der Waals surface area contributed by atoms with Crippen LogP contribution < -0.4 is 10.6 Å². The van der Waals surface area contributed by atoms with E-state index in [1.807, 2.05) is 6.08 Å². The minimum atomic E-state index is 0. The Morgan fingerprint density at radius 2 is 1.95 bits per heavy atom. The molecule has 5 nitrogen and oxygen atoms in total. The summed E-state index contributed by atoms with van der Waals surface area (Å²) in [5.74, 6) is 0.843. The predicted molar refractivity (Wildman–Crippen MR) is 93.5 cm³/mol. The zero-order valence-electron chi connectivity index (χ0n) is 12.4. The normalized spacial score (nSPS) is 19.4. The molecule has 1 saturated heterocycles. The fraction of sp³-hybridized carbons (Fsp3) is 0.769. The molecule has 1 rings (SSSR count).